The van der Waals surface area contributed by atoms with Crippen molar-refractivity contribution in [3.05, 3.63) is 0 Å². The molecule has 0 amide bonds. The number of carbonyl (C=O) groups excluding carboxylic acids is 2. The second-order valence-corrected chi connectivity index (χ2v) is 4.90. The summed E-state index contributed by atoms with van der Waals surface area (Å²) in [5.74, 6) is 0.207. The number of ether oxygens (including phenoxy) is 2. The fourth-order valence-electron chi connectivity index (χ4n) is 1.98. The molecule has 0 bridgehead atoms. The average Bonchev–Trinajstić information content (AvgIpc) is 2.37. The molecule has 104 valence electrons. The van der Waals surface area contributed by atoms with Gasteiger partial charge >= 0.3 is 0 Å². The number of ketones is 2. The van der Waals surface area contributed by atoms with Crippen molar-refractivity contribution in [2.24, 2.45) is 5.92 Å². The molecule has 1 rings (SSSR count). The number of carbonyl (C=O) groups is 2. The van der Waals surface area contributed by atoms with E-state index in [-0.39, 0.29) is 42.8 Å². The first-order valence-electron chi connectivity index (χ1n) is 6.51. The molecule has 1 saturated heterocycles. The lowest BCUT2D eigenvalue weighted by atomic mass is 10.0. The zero-order valence-electron chi connectivity index (χ0n) is 11.4. The Hall–Kier alpha value is -0.780. The maximum atomic E-state index is 11.9. The maximum Gasteiger partial charge on any atom is 0.175 e. The molecule has 0 radical (unpaired) electrons. The maximum absolute atomic E-state index is 11.9. The summed E-state index contributed by atoms with van der Waals surface area (Å²) in [6.07, 6.45) is -0.0143. The van der Waals surface area contributed by atoms with Gasteiger partial charge in [-0.3, -0.25) is 9.59 Å². The monoisotopic (exact) mass is 257 g/mol. The lowest BCUT2D eigenvalue weighted by Crippen LogP contribution is -2.44. The second kappa shape index (κ2) is 7.61. The Morgan fingerprint density at radius 2 is 2.17 bits per heavy atom. The molecule has 0 aliphatic carbocycles. The highest BCUT2D eigenvalue weighted by Crippen LogP contribution is 2.09. The highest BCUT2D eigenvalue weighted by molar-refractivity contribution is 5.87. The Morgan fingerprint density at radius 3 is 2.78 bits per heavy atom. The van der Waals surface area contributed by atoms with Crippen LogP contribution >= 0.6 is 0 Å². The topological polar surface area (TPSA) is 64.6 Å². The average molecular weight is 257 g/mol. The molecule has 18 heavy (non-hydrogen) atoms. The summed E-state index contributed by atoms with van der Waals surface area (Å²) in [5, 5.41) is 3.02. The van der Waals surface area contributed by atoms with Crippen molar-refractivity contribution in [2.45, 2.75) is 39.3 Å². The fraction of sp³-hybridized carbons (Fsp3) is 0.846. The first kappa shape index (κ1) is 15.3. The Kier molecular flexibility index (Phi) is 6.46. The third kappa shape index (κ3) is 4.84. The van der Waals surface area contributed by atoms with Crippen molar-refractivity contribution < 1.29 is 19.1 Å². The zero-order chi connectivity index (χ0) is 13.5. The minimum Gasteiger partial charge on any atom is -0.379 e. The Balaban J connectivity index is 2.62. The van der Waals surface area contributed by atoms with Gasteiger partial charge in [-0.25, -0.2) is 0 Å². The SMILES string of the molecule is CCOC[C@@H]1CC(=O)CN[C@@H](C(C)C)C(=O)CO1. The van der Waals surface area contributed by atoms with Gasteiger partial charge in [0, 0.05) is 13.0 Å². The van der Waals surface area contributed by atoms with Crippen molar-refractivity contribution >= 4 is 11.6 Å². The van der Waals surface area contributed by atoms with E-state index in [2.05, 4.69) is 5.32 Å². The standard InChI is InChI=1S/C13H23NO4/c1-4-17-7-11-5-10(15)6-14-13(9(2)3)12(16)8-18-11/h9,11,13-14H,4-8H2,1-3H3/t11-,13-/m0/s1. The number of hydrogen-bond donors (Lipinski definition) is 1. The molecule has 5 heteroatoms. The molecular formula is C13H23NO4. The van der Waals surface area contributed by atoms with Gasteiger partial charge in [-0.05, 0) is 12.8 Å². The number of nitrogens with one attached hydrogen (secondary N) is 1. The molecule has 0 aromatic heterocycles. The van der Waals surface area contributed by atoms with E-state index in [4.69, 9.17) is 9.47 Å². The molecule has 1 aliphatic heterocycles. The van der Waals surface area contributed by atoms with Gasteiger partial charge in [0.1, 0.15) is 12.4 Å². The number of hydrogen-bond acceptors (Lipinski definition) is 5. The Morgan fingerprint density at radius 1 is 1.44 bits per heavy atom. The Labute approximate surface area is 108 Å². The zero-order valence-corrected chi connectivity index (χ0v) is 11.4. The van der Waals surface area contributed by atoms with E-state index < -0.39 is 0 Å². The highest BCUT2D eigenvalue weighted by atomic mass is 16.5. The van der Waals surface area contributed by atoms with Crippen molar-refractivity contribution in [1.29, 1.82) is 0 Å². The highest BCUT2D eigenvalue weighted by Gasteiger charge is 2.26. The molecule has 1 N–H and O–H groups in total. The summed E-state index contributed by atoms with van der Waals surface area (Å²) in [4.78, 5) is 23.7. The van der Waals surface area contributed by atoms with Crippen LogP contribution in [-0.4, -0.2) is 50.1 Å². The number of Topliss-reactive ketones (excluding diaryl/α,β-unsaturated/α-hetero) is 2. The van der Waals surface area contributed by atoms with Gasteiger partial charge in [-0.15, -0.1) is 0 Å². The summed E-state index contributed by atoms with van der Waals surface area (Å²) in [7, 11) is 0. The summed E-state index contributed by atoms with van der Waals surface area (Å²) in [5.41, 5.74) is 0. The van der Waals surface area contributed by atoms with Crippen LogP contribution in [0.25, 0.3) is 0 Å². The van der Waals surface area contributed by atoms with E-state index in [1.807, 2.05) is 20.8 Å². The largest absolute Gasteiger partial charge is 0.379 e. The molecule has 0 saturated carbocycles. The van der Waals surface area contributed by atoms with Gasteiger partial charge < -0.3 is 14.8 Å². The minimum atomic E-state index is -0.311. The van der Waals surface area contributed by atoms with E-state index in [9.17, 15) is 9.59 Å². The molecule has 1 aliphatic rings. The van der Waals surface area contributed by atoms with Crippen LogP contribution in [0.1, 0.15) is 27.2 Å². The van der Waals surface area contributed by atoms with Crippen LogP contribution in [0.2, 0.25) is 0 Å². The summed E-state index contributed by atoms with van der Waals surface area (Å²) in [6.45, 7) is 7.00. The third-order valence-electron chi connectivity index (χ3n) is 2.96. The summed E-state index contributed by atoms with van der Waals surface area (Å²) >= 11 is 0. The third-order valence-corrected chi connectivity index (χ3v) is 2.96. The smallest absolute Gasteiger partial charge is 0.175 e. The predicted octanol–water partition coefficient (Wildman–Crippen LogP) is 0.564. The van der Waals surface area contributed by atoms with Crippen molar-refractivity contribution in [3.8, 4) is 0 Å². The minimum absolute atomic E-state index is 0.00111. The van der Waals surface area contributed by atoms with E-state index >= 15 is 0 Å². The lowest BCUT2D eigenvalue weighted by Gasteiger charge is -2.19. The van der Waals surface area contributed by atoms with Gasteiger partial charge in [0.05, 0.1) is 25.3 Å². The first-order chi connectivity index (χ1) is 8.54. The van der Waals surface area contributed by atoms with Gasteiger partial charge in [0.25, 0.3) is 0 Å². The molecule has 1 fully saturated rings. The molecule has 1 heterocycles. The lowest BCUT2D eigenvalue weighted by molar-refractivity contribution is -0.131. The van der Waals surface area contributed by atoms with Crippen LogP contribution in [0.4, 0.5) is 0 Å². The normalized spacial score (nSPS) is 26.9. The quantitative estimate of drug-likeness (QED) is 0.797. The Bertz CT molecular complexity index is 291. The van der Waals surface area contributed by atoms with Gasteiger partial charge in [0.15, 0.2) is 5.78 Å². The van der Waals surface area contributed by atoms with E-state index in [0.717, 1.165) is 0 Å². The number of rotatable bonds is 4. The van der Waals surface area contributed by atoms with Crippen LogP contribution in [0.5, 0.6) is 0 Å². The summed E-state index contributed by atoms with van der Waals surface area (Å²) < 4.78 is 10.8. The van der Waals surface area contributed by atoms with Crippen molar-refractivity contribution in [1.82, 2.24) is 5.32 Å². The van der Waals surface area contributed by atoms with Gasteiger partial charge in [-0.2, -0.15) is 0 Å². The van der Waals surface area contributed by atoms with Crippen molar-refractivity contribution in [3.63, 3.8) is 0 Å². The molecule has 0 spiro atoms. The fourth-order valence-corrected chi connectivity index (χ4v) is 1.98. The predicted molar refractivity (Wildman–Crippen MR) is 67.5 cm³/mol. The second-order valence-electron chi connectivity index (χ2n) is 4.90. The summed E-state index contributed by atoms with van der Waals surface area (Å²) in [6, 6.07) is -0.306. The van der Waals surface area contributed by atoms with Gasteiger partial charge in [-0.1, -0.05) is 13.8 Å². The molecule has 5 nitrogen and oxygen atoms in total. The van der Waals surface area contributed by atoms with E-state index in [1.54, 1.807) is 0 Å². The molecule has 0 unspecified atom stereocenters. The van der Waals surface area contributed by atoms with E-state index in [1.165, 1.54) is 0 Å². The van der Waals surface area contributed by atoms with Crippen molar-refractivity contribution in [2.75, 3.05) is 26.4 Å². The molecule has 0 aromatic rings. The van der Waals surface area contributed by atoms with Crippen LogP contribution in [0, 0.1) is 5.92 Å². The van der Waals surface area contributed by atoms with Crippen LogP contribution in [0.15, 0.2) is 0 Å². The van der Waals surface area contributed by atoms with E-state index in [0.29, 0.717) is 19.6 Å². The molecule has 0 aromatic carbocycles. The molecule has 2 atom stereocenters. The van der Waals surface area contributed by atoms with Crippen LogP contribution < -0.4 is 5.32 Å². The first-order valence-corrected chi connectivity index (χ1v) is 6.51. The van der Waals surface area contributed by atoms with Gasteiger partial charge in [0.2, 0.25) is 0 Å². The molecular weight excluding hydrogens is 234 g/mol. The van der Waals surface area contributed by atoms with Crippen LogP contribution in [-0.2, 0) is 19.1 Å². The van der Waals surface area contributed by atoms with Crippen LogP contribution in [0.3, 0.4) is 0 Å².